The maximum absolute atomic E-state index is 15.7. The molecule has 0 saturated heterocycles. The van der Waals surface area contributed by atoms with E-state index in [4.69, 9.17) is 0 Å². The third-order valence-corrected chi connectivity index (χ3v) is 10.7. The van der Waals surface area contributed by atoms with Crippen molar-refractivity contribution < 1.29 is 43.9 Å². The van der Waals surface area contributed by atoms with Crippen LogP contribution in [0.2, 0.25) is 0 Å². The van der Waals surface area contributed by atoms with E-state index in [9.17, 15) is 26.3 Å². The maximum Gasteiger partial charge on any atom is 0.254 e. The number of hydrogen-bond donors (Lipinski definition) is 0. The highest BCUT2D eigenvalue weighted by molar-refractivity contribution is 8.00. The van der Waals surface area contributed by atoms with Crippen LogP contribution in [0.4, 0.5) is 43.9 Å². The molecule has 9 rings (SSSR count). The van der Waals surface area contributed by atoms with Gasteiger partial charge >= 0.3 is 0 Å². The number of nitrogens with zero attached hydrogens (tertiary/aromatic N) is 1. The van der Waals surface area contributed by atoms with Gasteiger partial charge in [0.1, 0.15) is 0 Å². The van der Waals surface area contributed by atoms with E-state index in [1.807, 2.05) is 0 Å². The van der Waals surface area contributed by atoms with Gasteiger partial charge in [0, 0.05) is 42.7 Å². The Kier molecular flexibility index (Phi) is 6.62. The monoisotopic (exact) mass is 703 g/mol. The number of benzene rings is 6. The highest BCUT2D eigenvalue weighted by atomic mass is 32.2. The van der Waals surface area contributed by atoms with Crippen LogP contribution < -0.4 is 32.8 Å². The summed E-state index contributed by atoms with van der Waals surface area (Å²) >= 11 is 1.06. The summed E-state index contributed by atoms with van der Waals surface area (Å²) in [6.07, 6.45) is 0. The summed E-state index contributed by atoms with van der Waals surface area (Å²) in [7, 11) is 0. The van der Waals surface area contributed by atoms with E-state index >= 15 is 17.6 Å². The summed E-state index contributed by atoms with van der Waals surface area (Å²) in [6.45, 7) is -3.13. The van der Waals surface area contributed by atoms with Gasteiger partial charge < -0.3 is 4.57 Å². The fraction of sp³-hybridized carbons (Fsp3) is 0. The molecule has 1 aromatic heterocycles. The zero-order valence-corrected chi connectivity index (χ0v) is 25.6. The fourth-order valence-electron chi connectivity index (χ4n) is 7.51. The highest BCUT2D eigenvalue weighted by Gasteiger charge is 2.44. The number of rotatable bonds is 2. The van der Waals surface area contributed by atoms with Crippen LogP contribution in [0.5, 0.6) is 0 Å². The zero-order valence-electron chi connectivity index (χ0n) is 24.8. The number of halogens is 10. The molecule has 0 N–H and O–H groups in total. The van der Waals surface area contributed by atoms with Crippen LogP contribution in [0, 0.1) is 58.2 Å². The van der Waals surface area contributed by atoms with Gasteiger partial charge in [0.25, 0.3) is 13.4 Å². The van der Waals surface area contributed by atoms with Crippen LogP contribution in [0.3, 0.4) is 0 Å². The van der Waals surface area contributed by atoms with Gasteiger partial charge in [-0.25, -0.2) is 43.9 Å². The van der Waals surface area contributed by atoms with Gasteiger partial charge in [0.2, 0.25) is 0 Å². The van der Waals surface area contributed by atoms with Gasteiger partial charge in [-0.3, -0.25) is 0 Å². The van der Waals surface area contributed by atoms with Crippen molar-refractivity contribution >= 4 is 79.8 Å². The third-order valence-electron chi connectivity index (χ3n) is 9.57. The standard InChI is InChI=1S/C36H13B2F10NS/c39-26-24(27(40)31(44)34(47)30(26)43)37-16-8-2-4-11-22(16)50-23-13-18-21(12-19(23)37)49-20-10-3-1-6-14(20)15-7-5-9-17(36(15)49)38(18)25-28(41)32(45)35(48)33(46)29(25)42/h1-13H. The zero-order chi connectivity index (χ0) is 34.9. The Hall–Kier alpha value is -5.10. The Bertz CT molecular complexity index is 2620. The molecule has 0 radical (unpaired) electrons. The molecule has 1 nitrogen and oxygen atoms in total. The molecule has 0 bridgehead atoms. The van der Waals surface area contributed by atoms with Crippen molar-refractivity contribution in [3.8, 4) is 5.69 Å². The van der Waals surface area contributed by atoms with Gasteiger partial charge in [0.05, 0.1) is 5.52 Å². The summed E-state index contributed by atoms with van der Waals surface area (Å²) in [6, 6.07) is 20.9. The van der Waals surface area contributed by atoms with Crippen LogP contribution in [0.25, 0.3) is 27.5 Å². The number of aromatic nitrogens is 1. The Morgan fingerprint density at radius 1 is 0.420 bits per heavy atom. The molecule has 3 heterocycles. The molecule has 2 aliphatic heterocycles. The summed E-state index contributed by atoms with van der Waals surface area (Å²) < 4.78 is 152. The van der Waals surface area contributed by atoms with Gasteiger partial charge in [-0.15, -0.1) is 0 Å². The van der Waals surface area contributed by atoms with Crippen molar-refractivity contribution in [1.29, 1.82) is 0 Å². The normalized spacial score (nSPS) is 13.2. The Balaban J connectivity index is 1.44. The molecule has 0 spiro atoms. The molecule has 50 heavy (non-hydrogen) atoms. The lowest BCUT2D eigenvalue weighted by Crippen LogP contribution is -2.61. The Labute approximate surface area is 280 Å². The van der Waals surface area contributed by atoms with E-state index in [-0.39, 0.29) is 32.4 Å². The first-order chi connectivity index (χ1) is 24.0. The second-order valence-corrected chi connectivity index (χ2v) is 13.1. The lowest BCUT2D eigenvalue weighted by Gasteiger charge is -2.32. The molecule has 0 unspecified atom stereocenters. The van der Waals surface area contributed by atoms with Gasteiger partial charge in [-0.05, 0) is 29.1 Å². The molecular formula is C36H13B2F10NS. The predicted molar refractivity (Wildman–Crippen MR) is 173 cm³/mol. The summed E-state index contributed by atoms with van der Waals surface area (Å²) in [4.78, 5) is 0.587. The largest absolute Gasteiger partial charge is 0.310 e. The van der Waals surface area contributed by atoms with Crippen molar-refractivity contribution in [3.05, 3.63) is 137 Å². The molecule has 0 saturated carbocycles. The van der Waals surface area contributed by atoms with E-state index < -0.39 is 82.5 Å². The van der Waals surface area contributed by atoms with Crippen LogP contribution >= 0.6 is 11.8 Å². The summed E-state index contributed by atoms with van der Waals surface area (Å²) in [5.41, 5.74) is -0.509. The van der Waals surface area contributed by atoms with Gasteiger partial charge in [-0.1, -0.05) is 83.4 Å². The van der Waals surface area contributed by atoms with Crippen molar-refractivity contribution in [2.75, 3.05) is 0 Å². The first-order valence-corrected chi connectivity index (χ1v) is 15.8. The molecule has 0 fully saturated rings. The van der Waals surface area contributed by atoms with Gasteiger partial charge in [0.15, 0.2) is 58.2 Å². The molecule has 7 aromatic rings. The third kappa shape index (κ3) is 3.90. The van der Waals surface area contributed by atoms with Crippen LogP contribution in [-0.4, -0.2) is 18.0 Å². The number of hydrogen-bond acceptors (Lipinski definition) is 1. The maximum atomic E-state index is 15.7. The molecular weight excluding hydrogens is 690 g/mol. The van der Waals surface area contributed by atoms with Crippen molar-refractivity contribution in [1.82, 2.24) is 4.57 Å². The SMILES string of the molecule is Fc1c(F)c(F)c(B2c3ccccc3Sc3cc4c(cc32)-n2c3ccccc3c3cccc(c32)B4c2c(F)c(F)c(F)c(F)c2F)c(F)c1F. The average Bonchev–Trinajstić information content (AvgIpc) is 3.47. The minimum absolute atomic E-state index is 0.0800. The predicted octanol–water partition coefficient (Wildman–Crippen LogP) is 5.99. The first kappa shape index (κ1) is 30.9. The summed E-state index contributed by atoms with van der Waals surface area (Å²) in [5.74, 6) is -21.3. The van der Waals surface area contributed by atoms with E-state index in [0.29, 0.717) is 26.7 Å². The van der Waals surface area contributed by atoms with Crippen LogP contribution in [0.1, 0.15) is 0 Å². The lowest BCUT2D eigenvalue weighted by atomic mass is 9.33. The van der Waals surface area contributed by atoms with Crippen molar-refractivity contribution in [2.24, 2.45) is 0 Å². The number of para-hydroxylation sites is 2. The van der Waals surface area contributed by atoms with E-state index in [1.165, 1.54) is 24.3 Å². The van der Waals surface area contributed by atoms with Crippen molar-refractivity contribution in [2.45, 2.75) is 9.79 Å². The van der Waals surface area contributed by atoms with Gasteiger partial charge in [-0.2, -0.15) is 0 Å². The highest BCUT2D eigenvalue weighted by Crippen LogP contribution is 2.36. The van der Waals surface area contributed by atoms with Crippen molar-refractivity contribution in [3.63, 3.8) is 0 Å². The Morgan fingerprint density at radius 2 is 0.920 bits per heavy atom. The Morgan fingerprint density at radius 3 is 1.56 bits per heavy atom. The molecule has 14 heteroatoms. The van der Waals surface area contributed by atoms with Crippen LogP contribution in [-0.2, 0) is 0 Å². The summed E-state index contributed by atoms with van der Waals surface area (Å²) in [5, 5.41) is 1.24. The van der Waals surface area contributed by atoms with Crippen LogP contribution in [0.15, 0.2) is 88.7 Å². The quantitative estimate of drug-likeness (QED) is 0.0929. The molecule has 6 aromatic carbocycles. The smallest absolute Gasteiger partial charge is 0.254 e. The van der Waals surface area contributed by atoms with E-state index in [1.54, 1.807) is 59.2 Å². The lowest BCUT2D eigenvalue weighted by molar-refractivity contribution is 0.384. The topological polar surface area (TPSA) is 4.93 Å². The van der Waals surface area contributed by atoms with E-state index in [0.717, 1.165) is 11.8 Å². The van der Waals surface area contributed by atoms with E-state index in [2.05, 4.69) is 0 Å². The molecule has 2 aliphatic rings. The average molecular weight is 703 g/mol. The molecule has 244 valence electrons. The molecule has 0 atom stereocenters. The number of fused-ring (bicyclic) bond motifs is 7. The minimum Gasteiger partial charge on any atom is -0.310 e. The molecule has 0 aliphatic carbocycles. The minimum atomic E-state index is -2.32. The second kappa shape index (κ2) is 10.7. The second-order valence-electron chi connectivity index (χ2n) is 12.0. The first-order valence-electron chi connectivity index (χ1n) is 15.0. The fourth-order valence-corrected chi connectivity index (χ4v) is 8.67. The molecule has 0 amide bonds.